The highest BCUT2D eigenvalue weighted by atomic mass is 16.5. The number of anilines is 1. The Balaban J connectivity index is 1.34. The van der Waals surface area contributed by atoms with E-state index in [9.17, 15) is 14.4 Å². The van der Waals surface area contributed by atoms with E-state index < -0.39 is 17.3 Å². The highest BCUT2D eigenvalue weighted by molar-refractivity contribution is 6.19. The minimum Gasteiger partial charge on any atom is -0.377 e. The van der Waals surface area contributed by atoms with Crippen molar-refractivity contribution in [1.29, 1.82) is 0 Å². The van der Waals surface area contributed by atoms with Gasteiger partial charge in [0.2, 0.25) is 11.8 Å². The summed E-state index contributed by atoms with van der Waals surface area (Å²) in [6.45, 7) is 3.74. The topological polar surface area (TPSA) is 93.7 Å². The molecule has 0 spiro atoms. The van der Waals surface area contributed by atoms with Gasteiger partial charge in [0.05, 0.1) is 42.3 Å². The minimum atomic E-state index is -0.987. The van der Waals surface area contributed by atoms with Gasteiger partial charge in [0.15, 0.2) is 5.78 Å². The van der Waals surface area contributed by atoms with Crippen molar-refractivity contribution in [3.8, 4) is 0 Å². The van der Waals surface area contributed by atoms with Gasteiger partial charge in [0, 0.05) is 18.7 Å². The molecule has 2 unspecified atom stereocenters. The zero-order chi connectivity index (χ0) is 19.0. The van der Waals surface area contributed by atoms with Gasteiger partial charge in [0.25, 0.3) is 0 Å². The Kier molecular flexibility index (Phi) is 4.74. The van der Waals surface area contributed by atoms with Crippen LogP contribution in [0.3, 0.4) is 0 Å². The standard InChI is InChI=1S/C20H24N2O5/c1-20-15(18(24)21-8-10-26-11-12-5-4-9-27-12)16(20)19(25)22-14-7-3-2-6-13(14)17(20)23/h2-3,6-7,12,15-16H,4-5,8-11H2,1H3,(H,21,24)(H,22,25)/t12?,15-,16?,20+/m0/s1. The molecule has 1 saturated carbocycles. The lowest BCUT2D eigenvalue weighted by molar-refractivity contribution is -0.125. The molecule has 0 bridgehead atoms. The Labute approximate surface area is 157 Å². The number of carbonyl (C=O) groups excluding carboxylic acids is 3. The highest BCUT2D eigenvalue weighted by Crippen LogP contribution is 2.62. The van der Waals surface area contributed by atoms with Crippen molar-refractivity contribution in [2.24, 2.45) is 17.3 Å². The van der Waals surface area contributed by atoms with Crippen molar-refractivity contribution < 1.29 is 23.9 Å². The zero-order valence-corrected chi connectivity index (χ0v) is 15.3. The molecule has 2 amide bonds. The monoisotopic (exact) mass is 372 g/mol. The van der Waals surface area contributed by atoms with Gasteiger partial charge in [-0.2, -0.15) is 0 Å². The molecule has 1 aliphatic carbocycles. The summed E-state index contributed by atoms with van der Waals surface area (Å²) in [5.74, 6) is -1.98. The Morgan fingerprint density at radius 3 is 2.96 bits per heavy atom. The van der Waals surface area contributed by atoms with Gasteiger partial charge in [-0.1, -0.05) is 19.1 Å². The summed E-state index contributed by atoms with van der Waals surface area (Å²) in [4.78, 5) is 38.1. The number of para-hydroxylation sites is 1. The van der Waals surface area contributed by atoms with Crippen molar-refractivity contribution >= 4 is 23.3 Å². The third kappa shape index (κ3) is 3.15. The third-order valence-corrected chi connectivity index (χ3v) is 5.87. The number of amides is 2. The summed E-state index contributed by atoms with van der Waals surface area (Å²) >= 11 is 0. The fourth-order valence-corrected chi connectivity index (χ4v) is 4.28. The maximum absolute atomic E-state index is 13.0. The van der Waals surface area contributed by atoms with Crippen LogP contribution >= 0.6 is 0 Å². The number of hydrogen-bond donors (Lipinski definition) is 2. The Morgan fingerprint density at radius 2 is 2.19 bits per heavy atom. The van der Waals surface area contributed by atoms with Crippen LogP contribution in [0.2, 0.25) is 0 Å². The molecule has 7 heteroatoms. The second kappa shape index (κ2) is 7.05. The molecule has 27 heavy (non-hydrogen) atoms. The second-order valence-electron chi connectivity index (χ2n) is 7.60. The lowest BCUT2D eigenvalue weighted by Gasteiger charge is -2.13. The average molecular weight is 372 g/mol. The number of hydrogen-bond acceptors (Lipinski definition) is 5. The molecule has 1 saturated heterocycles. The van der Waals surface area contributed by atoms with Crippen LogP contribution in [0.25, 0.3) is 0 Å². The molecule has 2 aliphatic heterocycles. The summed E-state index contributed by atoms with van der Waals surface area (Å²) < 4.78 is 11.0. The van der Waals surface area contributed by atoms with Crippen LogP contribution in [0.1, 0.15) is 30.1 Å². The van der Waals surface area contributed by atoms with E-state index in [2.05, 4.69) is 10.6 Å². The van der Waals surface area contributed by atoms with Crippen LogP contribution in [0.5, 0.6) is 0 Å². The minimum absolute atomic E-state index is 0.149. The summed E-state index contributed by atoms with van der Waals surface area (Å²) in [7, 11) is 0. The summed E-state index contributed by atoms with van der Waals surface area (Å²) in [6.07, 6.45) is 2.22. The lowest BCUT2D eigenvalue weighted by atomic mass is 9.92. The van der Waals surface area contributed by atoms with E-state index in [1.165, 1.54) is 0 Å². The van der Waals surface area contributed by atoms with E-state index in [0.717, 1.165) is 19.4 Å². The number of fused-ring (bicyclic) bond motifs is 2. The van der Waals surface area contributed by atoms with Crippen molar-refractivity contribution in [3.63, 3.8) is 0 Å². The van der Waals surface area contributed by atoms with Gasteiger partial charge in [0.1, 0.15) is 0 Å². The molecule has 1 aromatic rings. The Hall–Kier alpha value is -2.25. The molecule has 3 aliphatic rings. The van der Waals surface area contributed by atoms with Crippen LogP contribution in [-0.2, 0) is 19.1 Å². The number of ketones is 1. The number of benzene rings is 1. The van der Waals surface area contributed by atoms with E-state index in [4.69, 9.17) is 9.47 Å². The molecular weight excluding hydrogens is 348 g/mol. The normalized spacial score (nSPS) is 31.5. The van der Waals surface area contributed by atoms with Gasteiger partial charge >= 0.3 is 0 Å². The first kappa shape index (κ1) is 18.1. The van der Waals surface area contributed by atoms with Crippen LogP contribution in [0.4, 0.5) is 5.69 Å². The average Bonchev–Trinajstić information content (AvgIpc) is 3.02. The molecule has 2 N–H and O–H groups in total. The molecule has 7 nitrogen and oxygen atoms in total. The van der Waals surface area contributed by atoms with Gasteiger partial charge in [-0.25, -0.2) is 0 Å². The number of ether oxygens (including phenoxy) is 2. The third-order valence-electron chi connectivity index (χ3n) is 5.87. The largest absolute Gasteiger partial charge is 0.377 e. The fourth-order valence-electron chi connectivity index (χ4n) is 4.28. The van der Waals surface area contributed by atoms with Crippen molar-refractivity contribution in [2.45, 2.75) is 25.9 Å². The molecule has 2 fully saturated rings. The summed E-state index contributed by atoms with van der Waals surface area (Å²) in [5, 5.41) is 5.58. The number of nitrogens with one attached hydrogen (secondary N) is 2. The van der Waals surface area contributed by atoms with Gasteiger partial charge in [-0.15, -0.1) is 0 Å². The number of carbonyl (C=O) groups is 3. The molecule has 1 aromatic carbocycles. The first-order valence-electron chi connectivity index (χ1n) is 9.45. The molecule has 2 heterocycles. The number of Topliss-reactive ketones (excluding diaryl/α,β-unsaturated/α-hetero) is 1. The van der Waals surface area contributed by atoms with Crippen molar-refractivity contribution in [2.75, 3.05) is 31.7 Å². The fraction of sp³-hybridized carbons (Fsp3) is 0.550. The van der Waals surface area contributed by atoms with Crippen LogP contribution in [0, 0.1) is 17.3 Å². The van der Waals surface area contributed by atoms with E-state index >= 15 is 0 Å². The van der Waals surface area contributed by atoms with E-state index in [-0.39, 0.29) is 23.7 Å². The van der Waals surface area contributed by atoms with Crippen LogP contribution in [0.15, 0.2) is 24.3 Å². The second-order valence-corrected chi connectivity index (χ2v) is 7.60. The quantitative estimate of drug-likeness (QED) is 0.736. The van der Waals surface area contributed by atoms with Crippen molar-refractivity contribution in [1.82, 2.24) is 5.32 Å². The summed E-state index contributed by atoms with van der Waals surface area (Å²) in [6, 6.07) is 6.93. The molecular formula is C20H24N2O5. The first-order valence-corrected chi connectivity index (χ1v) is 9.45. The predicted octanol–water partition coefficient (Wildman–Crippen LogP) is 1.39. The maximum atomic E-state index is 13.0. The molecule has 0 aromatic heterocycles. The van der Waals surface area contributed by atoms with Gasteiger partial charge in [-0.3, -0.25) is 14.4 Å². The first-order chi connectivity index (χ1) is 13.0. The van der Waals surface area contributed by atoms with E-state index in [1.807, 2.05) is 0 Å². The Morgan fingerprint density at radius 1 is 1.37 bits per heavy atom. The van der Waals surface area contributed by atoms with Crippen LogP contribution < -0.4 is 10.6 Å². The van der Waals surface area contributed by atoms with Crippen molar-refractivity contribution in [3.05, 3.63) is 29.8 Å². The Bertz CT molecular complexity index is 773. The predicted molar refractivity (Wildman–Crippen MR) is 97.3 cm³/mol. The van der Waals surface area contributed by atoms with E-state index in [0.29, 0.717) is 31.0 Å². The smallest absolute Gasteiger partial charge is 0.229 e. The molecule has 0 radical (unpaired) electrons. The SMILES string of the molecule is C[C@]12C(=O)c3ccccc3NC(=O)C1[C@H]2C(=O)NCCOCC1CCCO1. The lowest BCUT2D eigenvalue weighted by Crippen LogP contribution is -2.32. The van der Waals surface area contributed by atoms with Gasteiger partial charge in [-0.05, 0) is 25.0 Å². The molecule has 4 atom stereocenters. The zero-order valence-electron chi connectivity index (χ0n) is 15.3. The van der Waals surface area contributed by atoms with Crippen LogP contribution in [-0.4, -0.2) is 50.1 Å². The molecule has 144 valence electrons. The number of rotatable bonds is 6. The molecule has 4 rings (SSSR count). The van der Waals surface area contributed by atoms with E-state index in [1.54, 1.807) is 31.2 Å². The van der Waals surface area contributed by atoms with Gasteiger partial charge < -0.3 is 20.1 Å². The maximum Gasteiger partial charge on any atom is 0.229 e. The highest BCUT2D eigenvalue weighted by Gasteiger charge is 2.73. The summed E-state index contributed by atoms with van der Waals surface area (Å²) in [5.41, 5.74) is -0.00655.